The normalized spacial score (nSPS) is 10.9. The molecule has 5 heteroatoms. The van der Waals surface area contributed by atoms with Gasteiger partial charge in [-0.2, -0.15) is 0 Å². The molecule has 0 saturated heterocycles. The van der Waals surface area contributed by atoms with Gasteiger partial charge in [0.2, 0.25) is 5.91 Å². The number of carbonyl (C=O) groups is 2. The van der Waals surface area contributed by atoms with Crippen LogP contribution in [0.1, 0.15) is 27.2 Å². The van der Waals surface area contributed by atoms with Gasteiger partial charge in [-0.1, -0.05) is 20.8 Å². The third-order valence-corrected chi connectivity index (χ3v) is 1.78. The lowest BCUT2D eigenvalue weighted by molar-refractivity contribution is -0.117. The maximum atomic E-state index is 11.0. The summed E-state index contributed by atoms with van der Waals surface area (Å²) in [6.07, 6.45) is 0.857. The first-order valence-electron chi connectivity index (χ1n) is 4.49. The molecule has 0 spiro atoms. The number of hydrogen-bond donors (Lipinski definition) is 2. The molecule has 0 aliphatic rings. The molecule has 0 atom stereocenters. The number of halogens is 1. The fourth-order valence-electron chi connectivity index (χ4n) is 0.755. The van der Waals surface area contributed by atoms with Crippen molar-refractivity contribution in [3.8, 4) is 0 Å². The van der Waals surface area contributed by atoms with E-state index in [1.807, 2.05) is 0 Å². The first-order chi connectivity index (χ1) is 6.35. The Bertz CT molecular complexity index is 211. The quantitative estimate of drug-likeness (QED) is 0.708. The predicted molar refractivity (Wildman–Crippen MR) is 56.3 cm³/mol. The van der Waals surface area contributed by atoms with E-state index in [-0.39, 0.29) is 11.3 Å². The van der Waals surface area contributed by atoms with Crippen molar-refractivity contribution in [2.75, 3.05) is 12.4 Å². The highest BCUT2D eigenvalue weighted by molar-refractivity contribution is 6.28. The Morgan fingerprint density at radius 2 is 1.86 bits per heavy atom. The van der Waals surface area contributed by atoms with Crippen molar-refractivity contribution >= 4 is 23.5 Å². The van der Waals surface area contributed by atoms with E-state index >= 15 is 0 Å². The zero-order valence-electron chi connectivity index (χ0n) is 8.82. The summed E-state index contributed by atoms with van der Waals surface area (Å²) in [5.41, 5.74) is 0.170. The molecule has 0 unspecified atom stereocenters. The third-order valence-electron chi connectivity index (χ3n) is 1.53. The zero-order chi connectivity index (χ0) is 11.2. The second kappa shape index (κ2) is 5.86. The highest BCUT2D eigenvalue weighted by Gasteiger charge is 2.11. The maximum Gasteiger partial charge on any atom is 0.321 e. The fraction of sp³-hybridized carbons (Fsp3) is 0.778. The minimum absolute atomic E-state index is 0.170. The summed E-state index contributed by atoms with van der Waals surface area (Å²) in [6.45, 7) is 6.79. The minimum Gasteiger partial charge on any atom is -0.338 e. The van der Waals surface area contributed by atoms with Crippen LogP contribution < -0.4 is 10.6 Å². The van der Waals surface area contributed by atoms with Gasteiger partial charge in [0.05, 0.1) is 0 Å². The number of imide groups is 1. The number of urea groups is 1. The topological polar surface area (TPSA) is 58.2 Å². The highest BCUT2D eigenvalue weighted by Crippen LogP contribution is 2.16. The second-order valence-electron chi connectivity index (χ2n) is 4.25. The van der Waals surface area contributed by atoms with Gasteiger partial charge in [-0.15, -0.1) is 11.6 Å². The van der Waals surface area contributed by atoms with Crippen molar-refractivity contribution in [3.05, 3.63) is 0 Å². The molecule has 0 aromatic heterocycles. The van der Waals surface area contributed by atoms with Crippen molar-refractivity contribution in [3.63, 3.8) is 0 Å². The summed E-state index contributed by atoms with van der Waals surface area (Å²) in [5, 5.41) is 4.67. The van der Waals surface area contributed by atoms with Crippen molar-refractivity contribution in [2.45, 2.75) is 27.2 Å². The molecule has 0 aliphatic heterocycles. The summed E-state index contributed by atoms with van der Waals surface area (Å²) in [5.74, 6) is -0.688. The number of rotatable bonds is 3. The van der Waals surface area contributed by atoms with Gasteiger partial charge in [-0.05, 0) is 11.8 Å². The molecule has 4 nitrogen and oxygen atoms in total. The summed E-state index contributed by atoms with van der Waals surface area (Å²) < 4.78 is 0. The van der Waals surface area contributed by atoms with E-state index in [0.29, 0.717) is 6.54 Å². The summed E-state index contributed by atoms with van der Waals surface area (Å²) in [4.78, 5) is 21.7. The molecule has 0 rings (SSSR count). The number of hydrogen-bond acceptors (Lipinski definition) is 2. The van der Waals surface area contributed by atoms with E-state index in [4.69, 9.17) is 11.6 Å². The number of nitrogens with one attached hydrogen (secondary N) is 2. The molecule has 14 heavy (non-hydrogen) atoms. The van der Waals surface area contributed by atoms with E-state index in [2.05, 4.69) is 31.4 Å². The summed E-state index contributed by atoms with van der Waals surface area (Å²) >= 11 is 5.21. The monoisotopic (exact) mass is 220 g/mol. The van der Waals surface area contributed by atoms with Crippen LogP contribution in [0.3, 0.4) is 0 Å². The Morgan fingerprint density at radius 3 is 2.29 bits per heavy atom. The van der Waals surface area contributed by atoms with Gasteiger partial charge in [0.15, 0.2) is 0 Å². The molecule has 0 bridgehead atoms. The number of carbonyl (C=O) groups excluding carboxylic acids is 2. The molecule has 2 N–H and O–H groups in total. The lowest BCUT2D eigenvalue weighted by atomic mass is 9.92. The molecule has 0 heterocycles. The van der Waals surface area contributed by atoms with E-state index in [1.54, 1.807) is 0 Å². The van der Waals surface area contributed by atoms with E-state index < -0.39 is 11.9 Å². The SMILES string of the molecule is CC(C)(C)CCNC(=O)NC(=O)CCl. The predicted octanol–water partition coefficient (Wildman–Crippen LogP) is 1.49. The summed E-state index contributed by atoms with van der Waals surface area (Å²) in [7, 11) is 0. The van der Waals surface area contributed by atoms with Crippen LogP contribution in [0.15, 0.2) is 0 Å². The zero-order valence-corrected chi connectivity index (χ0v) is 9.57. The lowest BCUT2D eigenvalue weighted by Gasteiger charge is -2.17. The maximum absolute atomic E-state index is 11.0. The van der Waals surface area contributed by atoms with Crippen LogP contribution in [0.25, 0.3) is 0 Å². The van der Waals surface area contributed by atoms with Gasteiger partial charge in [0, 0.05) is 6.54 Å². The first kappa shape index (κ1) is 13.2. The molecule has 0 fully saturated rings. The van der Waals surface area contributed by atoms with Gasteiger partial charge >= 0.3 is 6.03 Å². The molecular weight excluding hydrogens is 204 g/mol. The van der Waals surface area contributed by atoms with Gasteiger partial charge in [0.25, 0.3) is 0 Å². The standard InChI is InChI=1S/C9H17ClN2O2/c1-9(2,3)4-5-11-8(14)12-7(13)6-10/h4-6H2,1-3H3,(H2,11,12,13,14). The van der Waals surface area contributed by atoms with Crippen LogP contribution in [0.2, 0.25) is 0 Å². The van der Waals surface area contributed by atoms with Gasteiger partial charge < -0.3 is 5.32 Å². The van der Waals surface area contributed by atoms with E-state index in [1.165, 1.54) is 0 Å². The Morgan fingerprint density at radius 1 is 1.29 bits per heavy atom. The Hall–Kier alpha value is -0.770. The van der Waals surface area contributed by atoms with Crippen LogP contribution >= 0.6 is 11.6 Å². The number of amides is 3. The third kappa shape index (κ3) is 7.86. The number of alkyl halides is 1. The molecule has 3 amide bonds. The van der Waals surface area contributed by atoms with Crippen molar-refractivity contribution in [1.82, 2.24) is 10.6 Å². The Balaban J connectivity index is 3.60. The molecule has 0 aromatic carbocycles. The average Bonchev–Trinajstić information content (AvgIpc) is 2.01. The van der Waals surface area contributed by atoms with Gasteiger partial charge in [-0.3, -0.25) is 10.1 Å². The van der Waals surface area contributed by atoms with Gasteiger partial charge in [-0.25, -0.2) is 4.79 Å². The average molecular weight is 221 g/mol. The molecule has 0 radical (unpaired) electrons. The van der Waals surface area contributed by atoms with Crippen LogP contribution in [0.4, 0.5) is 4.79 Å². The van der Waals surface area contributed by atoms with Gasteiger partial charge in [0.1, 0.15) is 5.88 Å². The van der Waals surface area contributed by atoms with Crippen molar-refractivity contribution in [2.24, 2.45) is 5.41 Å². The molecule has 0 aromatic rings. The van der Waals surface area contributed by atoms with Crippen LogP contribution in [-0.2, 0) is 4.79 Å². The summed E-state index contributed by atoms with van der Waals surface area (Å²) in [6, 6.07) is -0.486. The van der Waals surface area contributed by atoms with Crippen LogP contribution in [0, 0.1) is 5.41 Å². The van der Waals surface area contributed by atoms with Crippen molar-refractivity contribution < 1.29 is 9.59 Å². The molecular formula is C9H17ClN2O2. The van der Waals surface area contributed by atoms with Crippen molar-refractivity contribution in [1.29, 1.82) is 0 Å². The highest BCUT2D eigenvalue weighted by atomic mass is 35.5. The fourth-order valence-corrected chi connectivity index (χ4v) is 0.822. The minimum atomic E-state index is -0.486. The van der Waals surface area contributed by atoms with E-state index in [0.717, 1.165) is 6.42 Å². The Kier molecular flexibility index (Phi) is 5.53. The van der Waals surface area contributed by atoms with Crippen LogP contribution in [0.5, 0.6) is 0 Å². The molecule has 82 valence electrons. The second-order valence-corrected chi connectivity index (χ2v) is 4.52. The van der Waals surface area contributed by atoms with Crippen LogP contribution in [-0.4, -0.2) is 24.4 Å². The smallest absolute Gasteiger partial charge is 0.321 e. The largest absolute Gasteiger partial charge is 0.338 e. The molecule has 0 saturated carbocycles. The van der Waals surface area contributed by atoms with E-state index in [9.17, 15) is 9.59 Å². The molecule has 0 aliphatic carbocycles. The lowest BCUT2D eigenvalue weighted by Crippen LogP contribution is -2.41. The Labute approximate surface area is 89.4 Å². The first-order valence-corrected chi connectivity index (χ1v) is 5.02.